The Balaban J connectivity index is 0.000000280. The average molecular weight is 749 g/mol. The van der Waals surface area contributed by atoms with Crippen LogP contribution in [0.1, 0.15) is 52.6 Å². The van der Waals surface area contributed by atoms with E-state index in [0.29, 0.717) is 0 Å². The number of aromatic carboxylic acids is 2. The molecule has 0 aliphatic heterocycles. The van der Waals surface area contributed by atoms with Crippen LogP contribution in [0.25, 0.3) is 21.8 Å². The van der Waals surface area contributed by atoms with Crippen molar-refractivity contribution in [2.75, 3.05) is 0 Å². The van der Waals surface area contributed by atoms with Gasteiger partial charge < -0.3 is 50.6 Å². The van der Waals surface area contributed by atoms with Crippen molar-refractivity contribution in [3.63, 3.8) is 0 Å². The molecule has 0 saturated heterocycles. The smallest absolute Gasteiger partial charge is 0.548 e. The number of para-hydroxylation sites is 2. The summed E-state index contributed by atoms with van der Waals surface area (Å²) < 4.78 is 0. The minimum atomic E-state index is -1.42. The van der Waals surface area contributed by atoms with Gasteiger partial charge in [0.25, 0.3) is 11.8 Å². The number of hydrogen-bond acceptors (Lipinski definition) is 8. The van der Waals surface area contributed by atoms with E-state index in [-0.39, 0.29) is 94.2 Å². The van der Waals surface area contributed by atoms with Crippen LogP contribution >= 0.6 is 0 Å². The molecule has 0 fully saturated rings. The molecule has 54 heavy (non-hydrogen) atoms. The molecule has 2 heterocycles. The van der Waals surface area contributed by atoms with Gasteiger partial charge in [-0.1, -0.05) is 48.5 Å². The summed E-state index contributed by atoms with van der Waals surface area (Å²) in [4.78, 5) is 75.7. The number of aromatic amines is 2. The third-order valence-electron chi connectivity index (χ3n) is 8.12. The van der Waals surface area contributed by atoms with Crippen molar-refractivity contribution in [3.05, 3.63) is 143 Å². The molecule has 0 saturated carbocycles. The van der Waals surface area contributed by atoms with Crippen LogP contribution in [0, 0.1) is 0 Å². The molecule has 6 rings (SSSR count). The van der Waals surface area contributed by atoms with Gasteiger partial charge in [0, 0.05) is 58.2 Å². The van der Waals surface area contributed by atoms with Crippen molar-refractivity contribution < 1.29 is 108 Å². The van der Waals surface area contributed by atoms with Gasteiger partial charge in [-0.05, 0) is 59.7 Å². The van der Waals surface area contributed by atoms with Gasteiger partial charge in [-0.3, -0.25) is 9.59 Å². The SMILES string of the molecule is O=C(O)c1cccc(C(=O)N[C@@H](Cc2c[nH]c3ccccc23)C(=O)[O-])c1.O=C(O)c1cccc(C(=O)N[C@@H](Cc2c[nH]c3ccccc23)C(=O)[O-])c1.[Na+].[Na+]. The predicted octanol–water partition coefficient (Wildman–Crippen LogP) is -4.08. The van der Waals surface area contributed by atoms with Gasteiger partial charge in [0.05, 0.1) is 35.1 Å². The number of carboxylic acids is 4. The molecular formula is C38H30N4Na2O10. The average Bonchev–Trinajstić information content (AvgIpc) is 3.75. The zero-order valence-electron chi connectivity index (χ0n) is 29.1. The van der Waals surface area contributed by atoms with E-state index in [1.54, 1.807) is 12.4 Å². The zero-order valence-corrected chi connectivity index (χ0v) is 33.1. The van der Waals surface area contributed by atoms with E-state index < -0.39 is 47.8 Å². The molecule has 0 unspecified atom stereocenters. The van der Waals surface area contributed by atoms with Crippen LogP contribution < -0.4 is 80.0 Å². The predicted molar refractivity (Wildman–Crippen MR) is 183 cm³/mol. The normalized spacial score (nSPS) is 11.4. The molecular weight excluding hydrogens is 718 g/mol. The first-order chi connectivity index (χ1) is 24.9. The number of fused-ring (bicyclic) bond motifs is 2. The maximum atomic E-state index is 12.3. The van der Waals surface area contributed by atoms with E-state index in [9.17, 15) is 39.0 Å². The first-order valence-electron chi connectivity index (χ1n) is 15.7. The molecule has 264 valence electrons. The van der Waals surface area contributed by atoms with Crippen molar-refractivity contribution in [2.24, 2.45) is 0 Å². The molecule has 0 radical (unpaired) electrons. The number of carbonyl (C=O) groups is 6. The summed E-state index contributed by atoms with van der Waals surface area (Å²) in [5, 5.41) is 47.4. The van der Waals surface area contributed by atoms with Gasteiger partial charge in [-0.2, -0.15) is 0 Å². The Bertz CT molecular complexity index is 2160. The van der Waals surface area contributed by atoms with Gasteiger partial charge in [0.1, 0.15) is 0 Å². The standard InChI is InChI=1S/2C19H16N2O5.2Na/c2*22-17(11-4-3-5-12(8-11)18(23)24)21-16(19(25)26)9-13-10-20-15-7-2-1-6-14(13)15;;/h2*1-8,10,16,20H,9H2,(H,21,22)(H,23,24)(H,25,26);;/q;;2*+1/p-2/t2*16-;;/m00../s1. The molecule has 0 aliphatic rings. The number of hydrogen-bond donors (Lipinski definition) is 6. The summed E-state index contributed by atoms with van der Waals surface area (Å²) in [7, 11) is 0. The Morgan fingerprint density at radius 2 is 0.889 bits per heavy atom. The van der Waals surface area contributed by atoms with Crippen LogP contribution in [-0.4, -0.2) is 68.0 Å². The van der Waals surface area contributed by atoms with Gasteiger partial charge in [-0.25, -0.2) is 9.59 Å². The van der Waals surface area contributed by atoms with Crippen LogP contribution in [0.2, 0.25) is 0 Å². The number of aromatic nitrogens is 2. The second kappa shape index (κ2) is 19.7. The monoisotopic (exact) mass is 748 g/mol. The van der Waals surface area contributed by atoms with E-state index >= 15 is 0 Å². The molecule has 2 atom stereocenters. The number of carbonyl (C=O) groups excluding carboxylic acids is 4. The number of rotatable bonds is 12. The Morgan fingerprint density at radius 3 is 1.24 bits per heavy atom. The molecule has 6 N–H and O–H groups in total. The number of nitrogens with one attached hydrogen (secondary N) is 4. The van der Waals surface area contributed by atoms with Gasteiger partial charge in [0.2, 0.25) is 0 Å². The van der Waals surface area contributed by atoms with E-state index in [1.807, 2.05) is 48.5 Å². The van der Waals surface area contributed by atoms with Crippen LogP contribution in [0.4, 0.5) is 0 Å². The van der Waals surface area contributed by atoms with E-state index in [0.717, 1.165) is 32.9 Å². The van der Waals surface area contributed by atoms with Crippen LogP contribution in [0.15, 0.2) is 109 Å². The van der Waals surface area contributed by atoms with Gasteiger partial charge in [-0.15, -0.1) is 0 Å². The van der Waals surface area contributed by atoms with Crippen molar-refractivity contribution >= 4 is 57.5 Å². The zero-order chi connectivity index (χ0) is 37.4. The summed E-state index contributed by atoms with van der Waals surface area (Å²) in [5.74, 6) is -6.54. The van der Waals surface area contributed by atoms with E-state index in [4.69, 9.17) is 10.2 Å². The van der Waals surface area contributed by atoms with Crippen molar-refractivity contribution in [1.82, 2.24) is 20.6 Å². The number of carboxylic acid groups (broad SMARTS) is 4. The fourth-order valence-corrected chi connectivity index (χ4v) is 5.50. The number of amides is 2. The van der Waals surface area contributed by atoms with Crippen molar-refractivity contribution in [1.29, 1.82) is 0 Å². The number of benzene rings is 4. The minimum absolute atomic E-state index is 0. The molecule has 4 aromatic carbocycles. The first kappa shape index (κ1) is 43.2. The quantitative estimate of drug-likeness (QED) is 0.0662. The van der Waals surface area contributed by atoms with Crippen molar-refractivity contribution in [2.45, 2.75) is 24.9 Å². The number of H-pyrrole nitrogens is 2. The molecule has 2 amide bonds. The Morgan fingerprint density at radius 1 is 0.537 bits per heavy atom. The summed E-state index contributed by atoms with van der Waals surface area (Å²) in [6.07, 6.45) is 3.46. The van der Waals surface area contributed by atoms with Crippen LogP contribution in [0.5, 0.6) is 0 Å². The van der Waals surface area contributed by atoms with Crippen LogP contribution in [-0.2, 0) is 22.4 Å². The summed E-state index contributed by atoms with van der Waals surface area (Å²) in [5.41, 5.74) is 3.20. The largest absolute Gasteiger partial charge is 1.00 e. The molecule has 0 aliphatic carbocycles. The molecule has 6 aromatic rings. The molecule has 16 heteroatoms. The van der Waals surface area contributed by atoms with E-state index in [2.05, 4.69) is 20.6 Å². The second-order valence-corrected chi connectivity index (χ2v) is 11.6. The third-order valence-corrected chi connectivity index (χ3v) is 8.12. The molecule has 0 bridgehead atoms. The topological polar surface area (TPSA) is 245 Å². The first-order valence-corrected chi connectivity index (χ1v) is 15.7. The van der Waals surface area contributed by atoms with Gasteiger partial charge >= 0.3 is 71.1 Å². The maximum absolute atomic E-state index is 12.3. The number of aliphatic carboxylic acids is 2. The Kier molecular flexibility index (Phi) is 15.8. The fourth-order valence-electron chi connectivity index (χ4n) is 5.50. The summed E-state index contributed by atoms with van der Waals surface area (Å²) in [6, 6.07) is 23.1. The van der Waals surface area contributed by atoms with Crippen molar-refractivity contribution in [3.8, 4) is 0 Å². The molecule has 0 spiro atoms. The maximum Gasteiger partial charge on any atom is 1.00 e. The summed E-state index contributed by atoms with van der Waals surface area (Å²) >= 11 is 0. The van der Waals surface area contributed by atoms with Gasteiger partial charge in [0.15, 0.2) is 0 Å². The fraction of sp³-hybridized carbons (Fsp3) is 0.105. The van der Waals surface area contributed by atoms with Crippen LogP contribution in [0.3, 0.4) is 0 Å². The second-order valence-electron chi connectivity index (χ2n) is 11.6. The minimum Gasteiger partial charge on any atom is -0.548 e. The Hall–Kier alpha value is -5.22. The summed E-state index contributed by atoms with van der Waals surface area (Å²) in [6.45, 7) is 0. The molecule has 2 aromatic heterocycles. The molecule has 14 nitrogen and oxygen atoms in total. The van der Waals surface area contributed by atoms with E-state index in [1.165, 1.54) is 48.5 Å². The Labute approximate surface area is 351 Å². The third kappa shape index (κ3) is 10.9.